The molecule has 1 rings (SSSR count). The van der Waals surface area contributed by atoms with Crippen molar-refractivity contribution in [3.8, 4) is 0 Å². The smallest absolute Gasteiger partial charge is 0.307 e. The summed E-state index contributed by atoms with van der Waals surface area (Å²) < 4.78 is 5.42. The van der Waals surface area contributed by atoms with Crippen molar-refractivity contribution in [2.24, 2.45) is 23.7 Å². The van der Waals surface area contributed by atoms with Crippen LogP contribution in [0, 0.1) is 23.7 Å². The van der Waals surface area contributed by atoms with Gasteiger partial charge in [-0.2, -0.15) is 0 Å². The van der Waals surface area contributed by atoms with E-state index in [2.05, 4.69) is 19.2 Å². The van der Waals surface area contributed by atoms with E-state index in [9.17, 15) is 9.59 Å². The Hall–Kier alpha value is -1.10. The van der Waals surface area contributed by atoms with E-state index in [1.54, 1.807) is 0 Å². The van der Waals surface area contributed by atoms with Crippen LogP contribution in [-0.4, -0.2) is 36.7 Å². The van der Waals surface area contributed by atoms with E-state index >= 15 is 0 Å². The van der Waals surface area contributed by atoms with Gasteiger partial charge in [0.1, 0.15) is 0 Å². The molecule has 5 nitrogen and oxygen atoms in total. The highest BCUT2D eigenvalue weighted by Crippen LogP contribution is 2.36. The number of carbonyl (C=O) groups is 2. The van der Waals surface area contributed by atoms with Gasteiger partial charge in [-0.15, -0.1) is 0 Å². The van der Waals surface area contributed by atoms with Crippen LogP contribution in [0.25, 0.3) is 0 Å². The van der Waals surface area contributed by atoms with Crippen molar-refractivity contribution >= 4 is 11.9 Å². The predicted molar refractivity (Wildman–Crippen MR) is 76.3 cm³/mol. The molecular formula is C15H27NO4. The molecule has 0 radical (unpaired) electrons. The molecular weight excluding hydrogens is 258 g/mol. The molecule has 2 N–H and O–H groups in total. The Balaban J connectivity index is 2.23. The monoisotopic (exact) mass is 285 g/mol. The molecule has 1 saturated carbocycles. The van der Waals surface area contributed by atoms with Crippen molar-refractivity contribution in [2.45, 2.75) is 40.0 Å². The van der Waals surface area contributed by atoms with Crippen LogP contribution in [0.1, 0.15) is 40.0 Å². The standard InChI is InChI=1S/C15H27NO4/c1-10(2)4-6-20-7-5-16-14(17)12-8-11(3)9-13(12)15(18)19/h10-13H,4-9H2,1-3H3,(H,16,17)(H,18,19). The average molecular weight is 285 g/mol. The summed E-state index contributed by atoms with van der Waals surface area (Å²) in [7, 11) is 0. The van der Waals surface area contributed by atoms with Gasteiger partial charge in [0.25, 0.3) is 0 Å². The van der Waals surface area contributed by atoms with Crippen molar-refractivity contribution < 1.29 is 19.4 Å². The van der Waals surface area contributed by atoms with Crippen LogP contribution in [0.15, 0.2) is 0 Å². The number of carboxylic acids is 1. The third-order valence-corrected chi connectivity index (χ3v) is 3.84. The minimum atomic E-state index is -0.859. The highest BCUT2D eigenvalue weighted by atomic mass is 16.5. The number of amides is 1. The van der Waals surface area contributed by atoms with Gasteiger partial charge in [-0.3, -0.25) is 9.59 Å². The molecule has 0 bridgehead atoms. The Morgan fingerprint density at radius 2 is 1.90 bits per heavy atom. The topological polar surface area (TPSA) is 75.6 Å². The molecule has 0 spiro atoms. The summed E-state index contributed by atoms with van der Waals surface area (Å²) in [4.78, 5) is 23.2. The predicted octanol–water partition coefficient (Wildman–Crippen LogP) is 1.91. The summed E-state index contributed by atoms with van der Waals surface area (Å²) in [5.41, 5.74) is 0. The molecule has 5 heteroatoms. The third-order valence-electron chi connectivity index (χ3n) is 3.84. The fourth-order valence-electron chi connectivity index (χ4n) is 2.65. The maximum Gasteiger partial charge on any atom is 0.307 e. The molecule has 0 saturated heterocycles. The zero-order valence-corrected chi connectivity index (χ0v) is 12.7. The number of hydrogen-bond donors (Lipinski definition) is 2. The zero-order valence-electron chi connectivity index (χ0n) is 12.7. The van der Waals surface area contributed by atoms with Crippen molar-refractivity contribution in [3.63, 3.8) is 0 Å². The Morgan fingerprint density at radius 3 is 2.50 bits per heavy atom. The Kier molecular flexibility index (Phi) is 6.99. The maximum atomic E-state index is 12.0. The third kappa shape index (κ3) is 5.49. The summed E-state index contributed by atoms with van der Waals surface area (Å²) in [6, 6.07) is 0. The van der Waals surface area contributed by atoms with Crippen LogP contribution < -0.4 is 5.32 Å². The fourth-order valence-corrected chi connectivity index (χ4v) is 2.65. The van der Waals surface area contributed by atoms with Gasteiger partial charge >= 0.3 is 5.97 Å². The van der Waals surface area contributed by atoms with Gasteiger partial charge in [-0.25, -0.2) is 0 Å². The lowest BCUT2D eigenvalue weighted by molar-refractivity contribution is -0.146. The molecule has 3 unspecified atom stereocenters. The minimum absolute atomic E-state index is 0.144. The SMILES string of the molecule is CC(C)CCOCCNC(=O)C1CC(C)CC1C(=O)O. The van der Waals surface area contributed by atoms with Gasteiger partial charge in [0.15, 0.2) is 0 Å². The van der Waals surface area contributed by atoms with Crippen LogP contribution in [0.2, 0.25) is 0 Å². The van der Waals surface area contributed by atoms with E-state index in [0.717, 1.165) is 6.42 Å². The number of nitrogens with one attached hydrogen (secondary N) is 1. The van der Waals surface area contributed by atoms with Crippen LogP contribution in [0.4, 0.5) is 0 Å². The van der Waals surface area contributed by atoms with Gasteiger partial charge in [-0.1, -0.05) is 20.8 Å². The first-order chi connectivity index (χ1) is 9.41. The summed E-state index contributed by atoms with van der Waals surface area (Å²) in [5.74, 6) is -1.02. The van der Waals surface area contributed by atoms with E-state index in [0.29, 0.717) is 44.4 Å². The van der Waals surface area contributed by atoms with E-state index < -0.39 is 17.8 Å². The molecule has 1 aliphatic carbocycles. The Labute approximate surface area is 121 Å². The van der Waals surface area contributed by atoms with Crippen molar-refractivity contribution in [1.29, 1.82) is 0 Å². The number of rotatable bonds is 8. The van der Waals surface area contributed by atoms with E-state index in [-0.39, 0.29) is 5.91 Å². The first-order valence-corrected chi connectivity index (χ1v) is 7.50. The average Bonchev–Trinajstić information content (AvgIpc) is 2.75. The van der Waals surface area contributed by atoms with Crippen LogP contribution in [0.5, 0.6) is 0 Å². The molecule has 116 valence electrons. The second kappa shape index (κ2) is 8.25. The molecule has 0 aromatic rings. The molecule has 1 fully saturated rings. The second-order valence-electron chi connectivity index (χ2n) is 6.21. The van der Waals surface area contributed by atoms with E-state index in [1.807, 2.05) is 6.92 Å². The Morgan fingerprint density at radius 1 is 1.25 bits per heavy atom. The number of ether oxygens (including phenoxy) is 1. The van der Waals surface area contributed by atoms with E-state index in [4.69, 9.17) is 9.84 Å². The van der Waals surface area contributed by atoms with Crippen LogP contribution >= 0.6 is 0 Å². The maximum absolute atomic E-state index is 12.0. The first kappa shape index (κ1) is 17.0. The van der Waals surface area contributed by atoms with Crippen LogP contribution in [0.3, 0.4) is 0 Å². The highest BCUT2D eigenvalue weighted by molar-refractivity contribution is 5.85. The van der Waals surface area contributed by atoms with Crippen molar-refractivity contribution in [1.82, 2.24) is 5.32 Å². The molecule has 1 amide bonds. The van der Waals surface area contributed by atoms with Crippen LogP contribution in [-0.2, 0) is 14.3 Å². The normalized spacial score (nSPS) is 25.9. The number of carbonyl (C=O) groups excluding carboxylic acids is 1. The van der Waals surface area contributed by atoms with Gasteiger partial charge in [0.2, 0.25) is 5.91 Å². The van der Waals surface area contributed by atoms with E-state index in [1.165, 1.54) is 0 Å². The molecule has 0 aliphatic heterocycles. The number of aliphatic carboxylic acids is 1. The second-order valence-corrected chi connectivity index (χ2v) is 6.21. The number of hydrogen-bond acceptors (Lipinski definition) is 3. The molecule has 1 aliphatic rings. The summed E-state index contributed by atoms with van der Waals surface area (Å²) >= 11 is 0. The van der Waals surface area contributed by atoms with Gasteiger partial charge in [0, 0.05) is 13.2 Å². The highest BCUT2D eigenvalue weighted by Gasteiger charge is 2.40. The summed E-state index contributed by atoms with van der Waals surface area (Å²) in [5, 5.41) is 11.9. The fraction of sp³-hybridized carbons (Fsp3) is 0.867. The molecule has 3 atom stereocenters. The molecule has 0 aromatic heterocycles. The van der Waals surface area contributed by atoms with Gasteiger partial charge in [0.05, 0.1) is 18.4 Å². The lowest BCUT2D eigenvalue weighted by Crippen LogP contribution is -2.37. The van der Waals surface area contributed by atoms with Crippen molar-refractivity contribution in [2.75, 3.05) is 19.8 Å². The molecule has 0 heterocycles. The summed E-state index contributed by atoms with van der Waals surface area (Å²) in [6.45, 7) is 7.91. The van der Waals surface area contributed by atoms with Gasteiger partial charge < -0.3 is 15.2 Å². The molecule has 20 heavy (non-hydrogen) atoms. The van der Waals surface area contributed by atoms with Crippen molar-refractivity contribution in [3.05, 3.63) is 0 Å². The lowest BCUT2D eigenvalue weighted by atomic mass is 9.95. The summed E-state index contributed by atoms with van der Waals surface area (Å²) in [6.07, 6.45) is 2.27. The molecule has 0 aromatic carbocycles. The Bertz CT molecular complexity index is 330. The minimum Gasteiger partial charge on any atom is -0.481 e. The lowest BCUT2D eigenvalue weighted by Gasteiger charge is -2.15. The largest absolute Gasteiger partial charge is 0.481 e. The van der Waals surface area contributed by atoms with Gasteiger partial charge in [-0.05, 0) is 31.1 Å². The number of carboxylic acid groups (broad SMARTS) is 1. The quantitative estimate of drug-likeness (QED) is 0.668. The zero-order chi connectivity index (χ0) is 15.1. The first-order valence-electron chi connectivity index (χ1n) is 7.50.